The summed E-state index contributed by atoms with van der Waals surface area (Å²) in [6.07, 6.45) is 5.23. The van der Waals surface area contributed by atoms with Gasteiger partial charge >= 0.3 is 0 Å². The fourth-order valence-electron chi connectivity index (χ4n) is 2.76. The van der Waals surface area contributed by atoms with E-state index >= 15 is 0 Å². The van der Waals surface area contributed by atoms with E-state index in [4.69, 9.17) is 4.74 Å². The number of hydrogen-bond acceptors (Lipinski definition) is 2. The summed E-state index contributed by atoms with van der Waals surface area (Å²) in [6, 6.07) is 5.86. The molecule has 2 atom stereocenters. The zero-order valence-corrected chi connectivity index (χ0v) is 11.9. The summed E-state index contributed by atoms with van der Waals surface area (Å²) in [5.74, 6) is 0.858. The first-order chi connectivity index (χ1) is 9.18. The van der Waals surface area contributed by atoms with E-state index in [1.165, 1.54) is 25.7 Å². The Morgan fingerprint density at radius 3 is 2.89 bits per heavy atom. The van der Waals surface area contributed by atoms with Crippen molar-refractivity contribution in [3.8, 4) is 5.75 Å². The van der Waals surface area contributed by atoms with Crippen molar-refractivity contribution >= 4 is 0 Å². The van der Waals surface area contributed by atoms with Gasteiger partial charge in [-0.1, -0.05) is 31.9 Å². The molecule has 2 rings (SSSR count). The molecule has 1 fully saturated rings. The molecule has 19 heavy (non-hydrogen) atoms. The first-order valence-corrected chi connectivity index (χ1v) is 7.30. The molecule has 1 saturated carbocycles. The molecule has 1 aliphatic rings. The van der Waals surface area contributed by atoms with Gasteiger partial charge in [0.25, 0.3) is 0 Å². The van der Waals surface area contributed by atoms with E-state index in [0.29, 0.717) is 24.0 Å². The van der Waals surface area contributed by atoms with E-state index in [0.717, 1.165) is 12.5 Å². The van der Waals surface area contributed by atoms with Crippen molar-refractivity contribution in [1.29, 1.82) is 0 Å². The zero-order chi connectivity index (χ0) is 13.7. The van der Waals surface area contributed by atoms with Crippen molar-refractivity contribution in [2.24, 2.45) is 5.92 Å². The average Bonchev–Trinajstić information content (AvgIpc) is 2.41. The van der Waals surface area contributed by atoms with Gasteiger partial charge in [-0.2, -0.15) is 0 Å². The van der Waals surface area contributed by atoms with Crippen LogP contribution in [0.25, 0.3) is 0 Å². The Balaban J connectivity index is 1.73. The van der Waals surface area contributed by atoms with Crippen LogP contribution in [0.3, 0.4) is 0 Å². The van der Waals surface area contributed by atoms with Crippen LogP contribution in [-0.2, 0) is 0 Å². The number of benzene rings is 1. The normalized spacial score (nSPS) is 23.3. The van der Waals surface area contributed by atoms with Crippen LogP contribution in [0.5, 0.6) is 5.75 Å². The van der Waals surface area contributed by atoms with Gasteiger partial charge in [-0.05, 0) is 37.3 Å². The van der Waals surface area contributed by atoms with Crippen LogP contribution in [0.2, 0.25) is 0 Å². The smallest absolute Gasteiger partial charge is 0.167 e. The third-order valence-electron chi connectivity index (χ3n) is 4.03. The number of ether oxygens (including phenoxy) is 1. The van der Waals surface area contributed by atoms with Crippen molar-refractivity contribution < 1.29 is 9.13 Å². The van der Waals surface area contributed by atoms with Crippen LogP contribution in [0.15, 0.2) is 18.2 Å². The molecule has 0 saturated heterocycles. The maximum Gasteiger partial charge on any atom is 0.167 e. The number of hydrogen-bond donors (Lipinski definition) is 1. The van der Waals surface area contributed by atoms with Crippen molar-refractivity contribution in [1.82, 2.24) is 5.32 Å². The Kier molecular flexibility index (Phi) is 5.20. The molecule has 1 aromatic rings. The molecule has 1 N–H and O–H groups in total. The third kappa shape index (κ3) is 3.93. The molecule has 1 aliphatic carbocycles. The predicted octanol–water partition coefficient (Wildman–Crippen LogP) is 3.68. The Morgan fingerprint density at radius 2 is 2.11 bits per heavy atom. The molecule has 0 aliphatic heterocycles. The lowest BCUT2D eigenvalue weighted by molar-refractivity contribution is 0.246. The highest BCUT2D eigenvalue weighted by Gasteiger charge is 2.20. The second kappa shape index (κ2) is 6.90. The molecule has 2 nitrogen and oxygen atoms in total. The summed E-state index contributed by atoms with van der Waals surface area (Å²) in [5.41, 5.74) is 0.631. The highest BCUT2D eigenvalue weighted by Crippen LogP contribution is 2.23. The SMILES string of the molecule is Cc1cccc(OCCNC2CCCCC2C)c1F. The molecule has 1 aromatic carbocycles. The lowest BCUT2D eigenvalue weighted by Crippen LogP contribution is -2.39. The van der Waals surface area contributed by atoms with E-state index in [1.807, 2.05) is 6.07 Å². The number of rotatable bonds is 5. The van der Waals surface area contributed by atoms with Crippen LogP contribution < -0.4 is 10.1 Å². The molecule has 0 amide bonds. The Morgan fingerprint density at radius 1 is 1.32 bits per heavy atom. The lowest BCUT2D eigenvalue weighted by Gasteiger charge is -2.29. The molecule has 2 unspecified atom stereocenters. The standard InChI is InChI=1S/C16H24FNO/c1-12-6-3-4-8-14(12)18-10-11-19-15-9-5-7-13(2)16(15)17/h5,7,9,12,14,18H,3-4,6,8,10-11H2,1-2H3. The largest absolute Gasteiger partial charge is 0.489 e. The topological polar surface area (TPSA) is 21.3 Å². The van der Waals surface area contributed by atoms with Gasteiger partial charge in [0.15, 0.2) is 11.6 Å². The number of nitrogens with one attached hydrogen (secondary N) is 1. The summed E-state index contributed by atoms with van der Waals surface area (Å²) in [5, 5.41) is 3.53. The second-order valence-corrected chi connectivity index (χ2v) is 5.56. The van der Waals surface area contributed by atoms with Crippen LogP contribution in [0, 0.1) is 18.7 Å². The van der Waals surface area contributed by atoms with Gasteiger partial charge < -0.3 is 10.1 Å². The minimum absolute atomic E-state index is 0.242. The Hall–Kier alpha value is -1.09. The van der Waals surface area contributed by atoms with E-state index in [-0.39, 0.29) is 5.82 Å². The van der Waals surface area contributed by atoms with Gasteiger partial charge in [0, 0.05) is 12.6 Å². The molecule has 3 heteroatoms. The van der Waals surface area contributed by atoms with Crippen LogP contribution >= 0.6 is 0 Å². The molecule has 0 bridgehead atoms. The van der Waals surface area contributed by atoms with Crippen molar-refractivity contribution in [2.45, 2.75) is 45.6 Å². The average molecular weight is 265 g/mol. The molecule has 106 valence electrons. The van der Waals surface area contributed by atoms with E-state index in [9.17, 15) is 4.39 Å². The molecule has 0 radical (unpaired) electrons. The van der Waals surface area contributed by atoms with Crippen LogP contribution in [0.4, 0.5) is 4.39 Å². The third-order valence-corrected chi connectivity index (χ3v) is 4.03. The van der Waals surface area contributed by atoms with Gasteiger partial charge in [0.05, 0.1) is 0 Å². The first kappa shape index (κ1) is 14.3. The minimum Gasteiger partial charge on any atom is -0.489 e. The molecular formula is C16H24FNO. The summed E-state index contributed by atoms with van der Waals surface area (Å²) in [7, 11) is 0. The second-order valence-electron chi connectivity index (χ2n) is 5.56. The minimum atomic E-state index is -0.242. The highest BCUT2D eigenvalue weighted by molar-refractivity contribution is 5.29. The monoisotopic (exact) mass is 265 g/mol. The van der Waals surface area contributed by atoms with Crippen molar-refractivity contribution in [2.75, 3.05) is 13.2 Å². The maximum absolute atomic E-state index is 13.7. The lowest BCUT2D eigenvalue weighted by atomic mass is 9.86. The van der Waals surface area contributed by atoms with Crippen molar-refractivity contribution in [3.63, 3.8) is 0 Å². The fraction of sp³-hybridized carbons (Fsp3) is 0.625. The van der Waals surface area contributed by atoms with Crippen molar-refractivity contribution in [3.05, 3.63) is 29.6 Å². The van der Waals surface area contributed by atoms with Gasteiger partial charge in [-0.15, -0.1) is 0 Å². The molecular weight excluding hydrogens is 241 g/mol. The summed E-state index contributed by atoms with van der Waals surface area (Å²) < 4.78 is 19.2. The van der Waals surface area contributed by atoms with Gasteiger partial charge in [-0.3, -0.25) is 0 Å². The number of halogens is 1. The van der Waals surface area contributed by atoms with Gasteiger partial charge in [0.2, 0.25) is 0 Å². The van der Waals surface area contributed by atoms with Gasteiger partial charge in [0.1, 0.15) is 6.61 Å². The molecule has 0 heterocycles. The first-order valence-electron chi connectivity index (χ1n) is 7.30. The summed E-state index contributed by atoms with van der Waals surface area (Å²) >= 11 is 0. The van der Waals surface area contributed by atoms with Crippen LogP contribution in [0.1, 0.15) is 38.2 Å². The van der Waals surface area contributed by atoms with E-state index in [2.05, 4.69) is 12.2 Å². The highest BCUT2D eigenvalue weighted by atomic mass is 19.1. The van der Waals surface area contributed by atoms with Crippen LogP contribution in [-0.4, -0.2) is 19.2 Å². The summed E-state index contributed by atoms with van der Waals surface area (Å²) in [6.45, 7) is 5.36. The van der Waals surface area contributed by atoms with Gasteiger partial charge in [-0.25, -0.2) is 4.39 Å². The quantitative estimate of drug-likeness (QED) is 0.820. The number of aryl methyl sites for hydroxylation is 1. The maximum atomic E-state index is 13.7. The zero-order valence-electron chi connectivity index (χ0n) is 11.9. The molecule has 0 aromatic heterocycles. The fourth-order valence-corrected chi connectivity index (χ4v) is 2.76. The van der Waals surface area contributed by atoms with E-state index < -0.39 is 0 Å². The predicted molar refractivity (Wildman–Crippen MR) is 76.1 cm³/mol. The summed E-state index contributed by atoms with van der Waals surface area (Å²) in [4.78, 5) is 0. The van der Waals surface area contributed by atoms with E-state index in [1.54, 1.807) is 19.1 Å². The molecule has 0 spiro atoms. The Labute approximate surface area is 115 Å². The Bertz CT molecular complexity index is 408.